The Labute approximate surface area is 174 Å². The van der Waals surface area contributed by atoms with Crippen LogP contribution in [0.3, 0.4) is 0 Å². The van der Waals surface area contributed by atoms with Crippen molar-refractivity contribution in [3.63, 3.8) is 0 Å². The molecule has 0 saturated carbocycles. The third-order valence-electron chi connectivity index (χ3n) is 3.79. The highest BCUT2D eigenvalue weighted by Gasteiger charge is 2.17. The number of nitrogens with one attached hydrogen (secondary N) is 2. The number of aliphatic hydroxyl groups is 1. The maximum atomic E-state index is 12.3. The molecule has 158 valence electrons. The first kappa shape index (κ1) is 24.4. The van der Waals surface area contributed by atoms with Crippen LogP contribution in [-0.4, -0.2) is 45.6 Å². The van der Waals surface area contributed by atoms with Crippen LogP contribution in [0.5, 0.6) is 5.75 Å². The summed E-state index contributed by atoms with van der Waals surface area (Å²) in [5.41, 5.74) is 6.22. The number of aliphatic hydroxyl groups excluding tert-OH is 1. The summed E-state index contributed by atoms with van der Waals surface area (Å²) in [6, 6.07) is 11.8. The van der Waals surface area contributed by atoms with Crippen molar-refractivity contribution in [2.24, 2.45) is 5.73 Å². The number of methoxy groups -OCH3 is 1. The Morgan fingerprint density at radius 3 is 2.28 bits per heavy atom. The van der Waals surface area contributed by atoms with Gasteiger partial charge in [-0.05, 0) is 42.0 Å². The van der Waals surface area contributed by atoms with Crippen molar-refractivity contribution in [3.8, 4) is 5.75 Å². The zero-order valence-electron chi connectivity index (χ0n) is 15.5. The number of rotatable bonds is 9. The topological polar surface area (TPSA) is 152 Å². The highest BCUT2D eigenvalue weighted by molar-refractivity contribution is 7.89. The average Bonchev–Trinajstić information content (AvgIpc) is 2.70. The summed E-state index contributed by atoms with van der Waals surface area (Å²) in [5, 5.41) is 17.5. The molecule has 29 heavy (non-hydrogen) atoms. The SMILES string of the molecule is COC(=O)COc1ccc(C(O)CNS(=O)(=O)c2ccc(C(=N)N)cc2)cc1.Cl. The Morgan fingerprint density at radius 1 is 1.17 bits per heavy atom. The number of hydrogen-bond donors (Lipinski definition) is 4. The zero-order chi connectivity index (χ0) is 20.7. The third-order valence-corrected chi connectivity index (χ3v) is 5.23. The lowest BCUT2D eigenvalue weighted by atomic mass is 10.1. The van der Waals surface area contributed by atoms with E-state index < -0.39 is 22.1 Å². The average molecular weight is 444 g/mol. The van der Waals surface area contributed by atoms with Crippen LogP contribution < -0.4 is 15.2 Å². The molecule has 0 aromatic heterocycles. The highest BCUT2D eigenvalue weighted by atomic mass is 35.5. The molecule has 0 spiro atoms. The van der Waals surface area contributed by atoms with E-state index in [1.807, 2.05) is 0 Å². The van der Waals surface area contributed by atoms with E-state index in [1.165, 1.54) is 31.4 Å². The van der Waals surface area contributed by atoms with Crippen molar-refractivity contribution in [3.05, 3.63) is 59.7 Å². The van der Waals surface area contributed by atoms with Gasteiger partial charge in [0.2, 0.25) is 10.0 Å². The molecule has 0 amide bonds. The molecule has 1 unspecified atom stereocenters. The fraction of sp³-hybridized carbons (Fsp3) is 0.222. The van der Waals surface area contributed by atoms with Gasteiger partial charge in [0.15, 0.2) is 6.61 Å². The summed E-state index contributed by atoms with van der Waals surface area (Å²) < 4.78 is 36.6. The number of ether oxygens (including phenoxy) is 2. The molecule has 0 saturated heterocycles. The number of hydrogen-bond acceptors (Lipinski definition) is 7. The predicted octanol–water partition coefficient (Wildman–Crippen LogP) is 0.956. The lowest BCUT2D eigenvalue weighted by Gasteiger charge is -2.13. The quantitative estimate of drug-likeness (QED) is 0.256. The van der Waals surface area contributed by atoms with E-state index in [0.29, 0.717) is 16.9 Å². The van der Waals surface area contributed by atoms with E-state index >= 15 is 0 Å². The summed E-state index contributed by atoms with van der Waals surface area (Å²) in [4.78, 5) is 11.0. The second-order valence-electron chi connectivity index (χ2n) is 5.74. The van der Waals surface area contributed by atoms with Crippen LogP contribution in [0.1, 0.15) is 17.2 Å². The molecule has 1 atom stereocenters. The van der Waals surface area contributed by atoms with Crippen LogP contribution in [0.25, 0.3) is 0 Å². The van der Waals surface area contributed by atoms with E-state index in [4.69, 9.17) is 15.9 Å². The number of amidine groups is 1. The molecule has 0 heterocycles. The molecule has 2 aromatic rings. The van der Waals surface area contributed by atoms with Crippen molar-refractivity contribution in [1.29, 1.82) is 5.41 Å². The number of esters is 1. The fourth-order valence-electron chi connectivity index (χ4n) is 2.19. The number of carbonyl (C=O) groups is 1. The smallest absolute Gasteiger partial charge is 0.343 e. The van der Waals surface area contributed by atoms with Crippen molar-refractivity contribution >= 4 is 34.2 Å². The molecule has 0 bridgehead atoms. The molecule has 2 rings (SSSR count). The zero-order valence-corrected chi connectivity index (χ0v) is 17.1. The van der Waals surface area contributed by atoms with E-state index in [1.54, 1.807) is 24.3 Å². The molecule has 5 N–H and O–H groups in total. The van der Waals surface area contributed by atoms with Crippen molar-refractivity contribution in [1.82, 2.24) is 4.72 Å². The van der Waals surface area contributed by atoms with Crippen LogP contribution in [0, 0.1) is 5.41 Å². The van der Waals surface area contributed by atoms with Gasteiger partial charge in [-0.1, -0.05) is 12.1 Å². The Balaban J connectivity index is 0.00000420. The number of nitrogens with two attached hydrogens (primary N) is 1. The van der Waals surface area contributed by atoms with E-state index in [0.717, 1.165) is 0 Å². The number of sulfonamides is 1. The van der Waals surface area contributed by atoms with Gasteiger partial charge in [-0.2, -0.15) is 0 Å². The first-order valence-electron chi connectivity index (χ1n) is 8.14. The minimum Gasteiger partial charge on any atom is -0.482 e. The summed E-state index contributed by atoms with van der Waals surface area (Å²) in [6.45, 7) is -0.472. The molecule has 0 aliphatic rings. The Hall–Kier alpha value is -2.66. The molecule has 11 heteroatoms. The Morgan fingerprint density at radius 2 is 1.76 bits per heavy atom. The lowest BCUT2D eigenvalue weighted by Crippen LogP contribution is -2.28. The number of carbonyl (C=O) groups excluding carboxylic acids is 1. The van der Waals surface area contributed by atoms with Gasteiger partial charge in [0, 0.05) is 12.1 Å². The summed E-state index contributed by atoms with van der Waals surface area (Å²) in [7, 11) is -2.58. The van der Waals surface area contributed by atoms with Crippen LogP contribution in [-0.2, 0) is 19.6 Å². The fourth-order valence-corrected chi connectivity index (χ4v) is 3.23. The highest BCUT2D eigenvalue weighted by Crippen LogP contribution is 2.18. The van der Waals surface area contributed by atoms with Gasteiger partial charge >= 0.3 is 5.97 Å². The number of benzene rings is 2. The number of halogens is 1. The maximum absolute atomic E-state index is 12.3. The van der Waals surface area contributed by atoms with Crippen molar-refractivity contribution in [2.75, 3.05) is 20.3 Å². The molecule has 0 fully saturated rings. The standard InChI is InChI=1S/C18H21N3O6S.ClH/c1-26-17(23)11-27-14-6-2-12(3-7-14)16(22)10-21-28(24,25)15-8-4-13(5-9-15)18(19)20;/h2-9,16,21-22H,10-11H2,1H3,(H3,19,20);1H. The minimum atomic E-state index is -3.83. The van der Waals surface area contributed by atoms with Gasteiger partial charge in [0.1, 0.15) is 11.6 Å². The number of nitrogen functional groups attached to an aromatic ring is 1. The van der Waals surface area contributed by atoms with Gasteiger partial charge in [-0.25, -0.2) is 17.9 Å². The summed E-state index contributed by atoms with van der Waals surface area (Å²) in [5.74, 6) is -0.270. The van der Waals surface area contributed by atoms with Crippen molar-refractivity contribution < 1.29 is 27.8 Å². The van der Waals surface area contributed by atoms with Crippen molar-refractivity contribution in [2.45, 2.75) is 11.0 Å². The van der Waals surface area contributed by atoms with E-state index in [9.17, 15) is 18.3 Å². The van der Waals surface area contributed by atoms with Crippen LogP contribution in [0.4, 0.5) is 0 Å². The van der Waals surface area contributed by atoms with Gasteiger partial charge < -0.3 is 20.3 Å². The van der Waals surface area contributed by atoms with Crippen LogP contribution >= 0.6 is 12.4 Å². The summed E-state index contributed by atoms with van der Waals surface area (Å²) >= 11 is 0. The van der Waals surface area contributed by atoms with Gasteiger partial charge in [-0.15, -0.1) is 12.4 Å². The second kappa shape index (κ2) is 10.8. The largest absolute Gasteiger partial charge is 0.482 e. The molecule has 9 nitrogen and oxygen atoms in total. The van der Waals surface area contributed by atoms with E-state index in [2.05, 4.69) is 9.46 Å². The first-order valence-corrected chi connectivity index (χ1v) is 9.63. The normalized spacial score (nSPS) is 11.8. The molecule has 0 radical (unpaired) electrons. The Kier molecular flexibility index (Phi) is 9.05. The molecular weight excluding hydrogens is 422 g/mol. The summed E-state index contributed by atoms with van der Waals surface area (Å²) in [6.07, 6.45) is -1.08. The second-order valence-corrected chi connectivity index (χ2v) is 7.51. The van der Waals surface area contributed by atoms with Crippen LogP contribution in [0.2, 0.25) is 0 Å². The maximum Gasteiger partial charge on any atom is 0.343 e. The van der Waals surface area contributed by atoms with Gasteiger partial charge in [-0.3, -0.25) is 5.41 Å². The van der Waals surface area contributed by atoms with Crippen LogP contribution in [0.15, 0.2) is 53.4 Å². The van der Waals surface area contributed by atoms with Gasteiger partial charge in [0.25, 0.3) is 0 Å². The molecular formula is C18H22ClN3O6S. The minimum absolute atomic E-state index is 0. The molecule has 0 aliphatic carbocycles. The monoisotopic (exact) mass is 443 g/mol. The van der Waals surface area contributed by atoms with Gasteiger partial charge in [0.05, 0.1) is 18.1 Å². The lowest BCUT2D eigenvalue weighted by molar-refractivity contribution is -0.142. The molecule has 0 aliphatic heterocycles. The first-order chi connectivity index (χ1) is 13.2. The molecule has 2 aromatic carbocycles. The third kappa shape index (κ3) is 7.02. The Bertz CT molecular complexity index is 933. The predicted molar refractivity (Wildman–Crippen MR) is 109 cm³/mol. The van der Waals surface area contributed by atoms with E-state index in [-0.39, 0.29) is 36.3 Å².